The number of hydrogen-bond donors (Lipinski definition) is 1. The fraction of sp³-hybridized carbons (Fsp3) is 0.556. The molecule has 2 saturated carbocycles. The Morgan fingerprint density at radius 1 is 1.17 bits per heavy atom. The van der Waals surface area contributed by atoms with E-state index in [0.717, 1.165) is 11.6 Å². The molecule has 2 aliphatic carbocycles. The van der Waals surface area contributed by atoms with E-state index in [-0.39, 0.29) is 11.9 Å². The number of benzene rings is 1. The van der Waals surface area contributed by atoms with Crippen LogP contribution in [0, 0.1) is 11.7 Å². The molecule has 0 bridgehead atoms. The molecule has 5 heteroatoms. The molecule has 4 nitrogen and oxygen atoms in total. The predicted octanol–water partition coefficient (Wildman–Crippen LogP) is 3.46. The lowest BCUT2D eigenvalue weighted by atomic mass is 9.77. The van der Waals surface area contributed by atoms with E-state index in [2.05, 4.69) is 27.1 Å². The summed E-state index contributed by atoms with van der Waals surface area (Å²) in [6.07, 6.45) is 6.24. The Bertz CT molecular complexity index is 671. The molecular weight excluding hydrogens is 291 g/mol. The Morgan fingerprint density at radius 3 is 2.52 bits per heavy atom. The van der Waals surface area contributed by atoms with Gasteiger partial charge in [-0.2, -0.15) is 0 Å². The minimum absolute atomic E-state index is 0.177. The Kier molecular flexibility index (Phi) is 3.89. The number of nitrogens with one attached hydrogen (secondary N) is 1. The van der Waals surface area contributed by atoms with Crippen molar-refractivity contribution in [2.45, 2.75) is 50.6 Å². The Labute approximate surface area is 136 Å². The SMILES string of the molecule is Cn1c(CN[C@H](c2ccc(F)cc2)C2CCC2)nnc1C1CC1. The van der Waals surface area contributed by atoms with Gasteiger partial charge in [0.25, 0.3) is 0 Å². The first-order valence-electron chi connectivity index (χ1n) is 8.59. The van der Waals surface area contributed by atoms with Gasteiger partial charge in [-0.25, -0.2) is 4.39 Å². The van der Waals surface area contributed by atoms with Crippen molar-refractivity contribution in [3.05, 3.63) is 47.3 Å². The van der Waals surface area contributed by atoms with Crippen molar-refractivity contribution in [3.8, 4) is 0 Å². The molecule has 0 saturated heterocycles. The fourth-order valence-corrected chi connectivity index (χ4v) is 3.43. The van der Waals surface area contributed by atoms with Gasteiger partial charge in [0.2, 0.25) is 0 Å². The smallest absolute Gasteiger partial charge is 0.146 e. The van der Waals surface area contributed by atoms with Crippen molar-refractivity contribution in [2.24, 2.45) is 13.0 Å². The van der Waals surface area contributed by atoms with Gasteiger partial charge >= 0.3 is 0 Å². The zero-order chi connectivity index (χ0) is 15.8. The molecule has 1 aromatic carbocycles. The summed E-state index contributed by atoms with van der Waals surface area (Å²) in [4.78, 5) is 0. The lowest BCUT2D eigenvalue weighted by Gasteiger charge is -2.34. The molecule has 1 atom stereocenters. The first kappa shape index (κ1) is 14.8. The molecule has 0 aliphatic heterocycles. The maximum Gasteiger partial charge on any atom is 0.146 e. The van der Waals surface area contributed by atoms with Crippen LogP contribution in [0.3, 0.4) is 0 Å². The largest absolute Gasteiger partial charge is 0.317 e. The van der Waals surface area contributed by atoms with Crippen LogP contribution in [0.5, 0.6) is 0 Å². The zero-order valence-electron chi connectivity index (χ0n) is 13.5. The molecule has 0 unspecified atom stereocenters. The van der Waals surface area contributed by atoms with Crippen LogP contribution >= 0.6 is 0 Å². The first-order valence-corrected chi connectivity index (χ1v) is 8.59. The Hall–Kier alpha value is -1.75. The third-order valence-corrected chi connectivity index (χ3v) is 5.27. The third kappa shape index (κ3) is 3.02. The minimum atomic E-state index is -0.177. The van der Waals surface area contributed by atoms with Crippen molar-refractivity contribution in [2.75, 3.05) is 0 Å². The topological polar surface area (TPSA) is 42.7 Å². The summed E-state index contributed by atoms with van der Waals surface area (Å²) >= 11 is 0. The van der Waals surface area contributed by atoms with Crippen molar-refractivity contribution in [1.29, 1.82) is 0 Å². The van der Waals surface area contributed by atoms with Gasteiger partial charge in [-0.15, -0.1) is 10.2 Å². The van der Waals surface area contributed by atoms with E-state index in [9.17, 15) is 4.39 Å². The van der Waals surface area contributed by atoms with Crippen molar-refractivity contribution < 1.29 is 4.39 Å². The summed E-state index contributed by atoms with van der Waals surface area (Å²) < 4.78 is 15.3. The molecule has 2 fully saturated rings. The molecule has 0 radical (unpaired) electrons. The number of halogens is 1. The fourth-order valence-electron chi connectivity index (χ4n) is 3.43. The van der Waals surface area contributed by atoms with Crippen molar-refractivity contribution in [3.63, 3.8) is 0 Å². The first-order chi connectivity index (χ1) is 11.2. The van der Waals surface area contributed by atoms with Gasteiger partial charge in [0.05, 0.1) is 6.54 Å². The van der Waals surface area contributed by atoms with Crippen molar-refractivity contribution >= 4 is 0 Å². The van der Waals surface area contributed by atoms with Gasteiger partial charge < -0.3 is 9.88 Å². The number of rotatable bonds is 6. The second kappa shape index (κ2) is 6.04. The maximum absolute atomic E-state index is 13.2. The molecular formula is C18H23FN4. The Morgan fingerprint density at radius 2 is 1.91 bits per heavy atom. The molecule has 2 aliphatic rings. The average molecular weight is 314 g/mol. The molecule has 2 aromatic rings. The standard InChI is InChI=1S/C18H23FN4/c1-23-16(21-22-18(23)14-5-6-14)11-20-17(12-3-2-4-12)13-7-9-15(19)10-8-13/h7-10,12,14,17,20H,2-6,11H2,1H3/t17-/m0/s1. The van der Waals surface area contributed by atoms with Crippen LogP contribution in [0.15, 0.2) is 24.3 Å². The van der Waals surface area contributed by atoms with Crippen LogP contribution < -0.4 is 5.32 Å². The second-order valence-electron chi connectivity index (χ2n) is 6.91. The molecule has 1 heterocycles. The normalized spacial score (nSPS) is 19.6. The summed E-state index contributed by atoms with van der Waals surface area (Å²) in [5, 5.41) is 12.3. The molecule has 0 amide bonds. The number of nitrogens with zero attached hydrogens (tertiary/aromatic N) is 3. The summed E-state index contributed by atoms with van der Waals surface area (Å²) in [5.74, 6) is 3.17. The van der Waals surface area contributed by atoms with Gasteiger partial charge in [0.1, 0.15) is 17.5 Å². The molecule has 122 valence electrons. The third-order valence-electron chi connectivity index (χ3n) is 5.27. The molecule has 0 spiro atoms. The molecule has 23 heavy (non-hydrogen) atoms. The summed E-state index contributed by atoms with van der Waals surface area (Å²) in [6.45, 7) is 0.703. The van der Waals surface area contributed by atoms with Gasteiger partial charge in [-0.1, -0.05) is 18.6 Å². The summed E-state index contributed by atoms with van der Waals surface area (Å²) in [7, 11) is 2.06. The zero-order valence-corrected chi connectivity index (χ0v) is 13.5. The predicted molar refractivity (Wildman–Crippen MR) is 86.3 cm³/mol. The highest BCUT2D eigenvalue weighted by Gasteiger charge is 2.31. The van der Waals surface area contributed by atoms with Crippen LogP contribution in [0.25, 0.3) is 0 Å². The summed E-state index contributed by atoms with van der Waals surface area (Å²) in [6, 6.07) is 7.17. The van der Waals surface area contributed by atoms with Gasteiger partial charge in [0, 0.05) is 19.0 Å². The van der Waals surface area contributed by atoms with E-state index in [0.29, 0.717) is 18.4 Å². The van der Waals surface area contributed by atoms with Crippen LogP contribution in [-0.2, 0) is 13.6 Å². The van der Waals surface area contributed by atoms with Crippen molar-refractivity contribution in [1.82, 2.24) is 20.1 Å². The molecule has 1 aromatic heterocycles. The highest BCUT2D eigenvalue weighted by molar-refractivity contribution is 5.21. The lowest BCUT2D eigenvalue weighted by molar-refractivity contribution is 0.228. The number of hydrogen-bond acceptors (Lipinski definition) is 3. The Balaban J connectivity index is 1.48. The van der Waals surface area contributed by atoms with Crippen LogP contribution in [0.4, 0.5) is 4.39 Å². The van der Waals surface area contributed by atoms with E-state index in [4.69, 9.17) is 0 Å². The van der Waals surface area contributed by atoms with E-state index < -0.39 is 0 Å². The summed E-state index contributed by atoms with van der Waals surface area (Å²) in [5.41, 5.74) is 1.17. The number of aromatic nitrogens is 3. The van der Waals surface area contributed by atoms with E-state index in [1.54, 1.807) is 12.1 Å². The van der Waals surface area contributed by atoms with E-state index in [1.807, 2.05) is 12.1 Å². The highest BCUT2D eigenvalue weighted by Crippen LogP contribution is 2.39. The molecule has 1 N–H and O–H groups in total. The van der Waals surface area contributed by atoms with Crippen LogP contribution in [0.1, 0.15) is 61.3 Å². The van der Waals surface area contributed by atoms with Crippen LogP contribution in [-0.4, -0.2) is 14.8 Å². The quantitative estimate of drug-likeness (QED) is 0.888. The average Bonchev–Trinajstić information content (AvgIpc) is 3.27. The van der Waals surface area contributed by atoms with E-state index >= 15 is 0 Å². The molecule has 4 rings (SSSR count). The van der Waals surface area contributed by atoms with Gasteiger partial charge in [0.15, 0.2) is 0 Å². The second-order valence-corrected chi connectivity index (χ2v) is 6.91. The van der Waals surface area contributed by atoms with E-state index in [1.165, 1.54) is 37.7 Å². The van der Waals surface area contributed by atoms with Gasteiger partial charge in [-0.3, -0.25) is 0 Å². The maximum atomic E-state index is 13.2. The monoisotopic (exact) mass is 314 g/mol. The minimum Gasteiger partial charge on any atom is -0.317 e. The highest BCUT2D eigenvalue weighted by atomic mass is 19.1. The van der Waals surface area contributed by atoms with Crippen LogP contribution in [0.2, 0.25) is 0 Å². The lowest BCUT2D eigenvalue weighted by Crippen LogP contribution is -2.32. The van der Waals surface area contributed by atoms with Gasteiger partial charge in [-0.05, 0) is 49.3 Å².